The van der Waals surface area contributed by atoms with Gasteiger partial charge in [-0.05, 0) is 20.8 Å². The second kappa shape index (κ2) is 4.04. The van der Waals surface area contributed by atoms with E-state index in [0.29, 0.717) is 5.92 Å². The Hall–Kier alpha value is -1.98. The monoisotopic (exact) mass is 244 g/mol. The van der Waals surface area contributed by atoms with Crippen molar-refractivity contribution in [2.45, 2.75) is 26.7 Å². The Labute approximate surface area is 105 Å². The quantitative estimate of drug-likeness (QED) is 0.857. The molecule has 1 N–H and O–H groups in total. The summed E-state index contributed by atoms with van der Waals surface area (Å²) in [6, 6.07) is 0. The molecule has 1 fully saturated rings. The van der Waals surface area contributed by atoms with Gasteiger partial charge in [-0.3, -0.25) is 10.1 Å². The minimum atomic E-state index is 0.400. The van der Waals surface area contributed by atoms with Crippen LogP contribution in [0.2, 0.25) is 0 Å². The van der Waals surface area contributed by atoms with Gasteiger partial charge in [-0.15, -0.1) is 0 Å². The third-order valence-electron chi connectivity index (χ3n) is 3.21. The van der Waals surface area contributed by atoms with E-state index in [2.05, 4.69) is 30.0 Å². The fraction of sp³-hybridized carbons (Fsp3) is 0.500. The number of aryl methyl sites for hydroxylation is 3. The highest BCUT2D eigenvalue weighted by atomic mass is 15.3. The van der Waals surface area contributed by atoms with Crippen LogP contribution in [0.15, 0.2) is 6.20 Å². The maximum absolute atomic E-state index is 4.54. The van der Waals surface area contributed by atoms with Crippen LogP contribution in [0.5, 0.6) is 0 Å². The van der Waals surface area contributed by atoms with E-state index in [1.54, 1.807) is 6.20 Å². The number of nitrogens with zero attached hydrogens (tertiary/aromatic N) is 5. The number of anilines is 1. The number of aromatic nitrogens is 5. The number of aromatic amines is 1. The zero-order valence-corrected chi connectivity index (χ0v) is 10.8. The van der Waals surface area contributed by atoms with Crippen molar-refractivity contribution in [2.24, 2.45) is 0 Å². The van der Waals surface area contributed by atoms with Gasteiger partial charge in [-0.2, -0.15) is 5.10 Å². The molecule has 3 heterocycles. The van der Waals surface area contributed by atoms with Gasteiger partial charge in [0.05, 0.1) is 17.3 Å². The van der Waals surface area contributed by atoms with E-state index < -0.39 is 0 Å². The van der Waals surface area contributed by atoms with Gasteiger partial charge in [-0.1, -0.05) is 0 Å². The molecule has 6 heteroatoms. The molecule has 1 saturated heterocycles. The second-order valence-corrected chi connectivity index (χ2v) is 4.80. The lowest BCUT2D eigenvalue weighted by atomic mass is 9.99. The lowest BCUT2D eigenvalue weighted by molar-refractivity contribution is 0.495. The van der Waals surface area contributed by atoms with Crippen molar-refractivity contribution >= 4 is 5.82 Å². The molecule has 0 bridgehead atoms. The van der Waals surface area contributed by atoms with Crippen molar-refractivity contribution in [2.75, 3.05) is 18.0 Å². The fourth-order valence-corrected chi connectivity index (χ4v) is 2.18. The number of H-pyrrole nitrogens is 1. The predicted octanol–water partition coefficient (Wildman–Crippen LogP) is 1.12. The molecule has 0 spiro atoms. The number of nitrogens with one attached hydrogen (secondary N) is 1. The first kappa shape index (κ1) is 11.1. The largest absolute Gasteiger partial charge is 0.354 e. The van der Waals surface area contributed by atoms with Crippen LogP contribution >= 0.6 is 0 Å². The van der Waals surface area contributed by atoms with Crippen molar-refractivity contribution in [3.05, 3.63) is 29.2 Å². The van der Waals surface area contributed by atoms with Gasteiger partial charge in [0.2, 0.25) is 0 Å². The summed E-state index contributed by atoms with van der Waals surface area (Å²) in [7, 11) is 0. The summed E-state index contributed by atoms with van der Waals surface area (Å²) in [5.74, 6) is 3.16. The standard InChI is InChI=1S/C12H16N6/c1-7-4-13-8(2)12(14-7)18-5-10(6-18)11-15-9(3)16-17-11/h4,10H,5-6H2,1-3H3,(H,15,16,17). The van der Waals surface area contributed by atoms with Crippen molar-refractivity contribution in [3.63, 3.8) is 0 Å². The summed E-state index contributed by atoms with van der Waals surface area (Å²) >= 11 is 0. The summed E-state index contributed by atoms with van der Waals surface area (Å²) in [5.41, 5.74) is 1.93. The summed E-state index contributed by atoms with van der Waals surface area (Å²) in [6.07, 6.45) is 1.80. The number of hydrogen-bond acceptors (Lipinski definition) is 5. The Morgan fingerprint density at radius 2 is 2.00 bits per heavy atom. The lowest BCUT2D eigenvalue weighted by Gasteiger charge is -2.39. The topological polar surface area (TPSA) is 70.6 Å². The Kier molecular flexibility index (Phi) is 2.50. The van der Waals surface area contributed by atoms with E-state index >= 15 is 0 Å². The molecule has 0 saturated carbocycles. The van der Waals surface area contributed by atoms with Gasteiger partial charge in [-0.25, -0.2) is 9.97 Å². The fourth-order valence-electron chi connectivity index (χ4n) is 2.18. The Morgan fingerprint density at radius 3 is 2.67 bits per heavy atom. The first-order valence-corrected chi connectivity index (χ1v) is 6.07. The smallest absolute Gasteiger partial charge is 0.157 e. The van der Waals surface area contributed by atoms with E-state index in [1.165, 1.54) is 0 Å². The van der Waals surface area contributed by atoms with Crippen LogP contribution in [0.1, 0.15) is 29.0 Å². The molecule has 2 aromatic heterocycles. The summed E-state index contributed by atoms with van der Waals surface area (Å²) in [6.45, 7) is 7.70. The van der Waals surface area contributed by atoms with Crippen LogP contribution < -0.4 is 4.90 Å². The molecular formula is C12H16N6. The molecular weight excluding hydrogens is 228 g/mol. The molecule has 0 amide bonds. The SMILES string of the molecule is Cc1cnc(C)c(N2CC(c3n[nH]c(C)n3)C2)n1. The molecule has 0 unspecified atom stereocenters. The lowest BCUT2D eigenvalue weighted by Crippen LogP contribution is -2.46. The highest BCUT2D eigenvalue weighted by Gasteiger charge is 2.32. The Bertz CT molecular complexity index is 570. The van der Waals surface area contributed by atoms with Crippen molar-refractivity contribution < 1.29 is 0 Å². The van der Waals surface area contributed by atoms with Gasteiger partial charge < -0.3 is 4.90 Å². The van der Waals surface area contributed by atoms with Crippen LogP contribution in [-0.4, -0.2) is 38.2 Å². The van der Waals surface area contributed by atoms with E-state index in [4.69, 9.17) is 0 Å². The first-order valence-electron chi connectivity index (χ1n) is 6.07. The number of hydrogen-bond donors (Lipinski definition) is 1. The molecule has 6 nitrogen and oxygen atoms in total. The van der Waals surface area contributed by atoms with Gasteiger partial charge in [0.1, 0.15) is 11.6 Å². The summed E-state index contributed by atoms with van der Waals surface area (Å²) in [5, 5.41) is 7.09. The van der Waals surface area contributed by atoms with Gasteiger partial charge in [0, 0.05) is 19.3 Å². The maximum Gasteiger partial charge on any atom is 0.157 e. The number of rotatable bonds is 2. The van der Waals surface area contributed by atoms with E-state index in [9.17, 15) is 0 Å². The van der Waals surface area contributed by atoms with E-state index in [0.717, 1.165) is 41.9 Å². The average Bonchev–Trinajstić information content (AvgIpc) is 2.68. The Morgan fingerprint density at radius 1 is 1.22 bits per heavy atom. The zero-order chi connectivity index (χ0) is 12.7. The predicted molar refractivity (Wildman–Crippen MR) is 67.6 cm³/mol. The van der Waals surface area contributed by atoms with E-state index in [1.807, 2.05) is 20.8 Å². The highest BCUT2D eigenvalue weighted by molar-refractivity contribution is 5.47. The molecule has 0 atom stereocenters. The molecule has 94 valence electrons. The zero-order valence-electron chi connectivity index (χ0n) is 10.8. The minimum Gasteiger partial charge on any atom is -0.354 e. The third kappa shape index (κ3) is 1.83. The van der Waals surface area contributed by atoms with Crippen molar-refractivity contribution in [3.8, 4) is 0 Å². The van der Waals surface area contributed by atoms with Gasteiger partial charge in [0.25, 0.3) is 0 Å². The van der Waals surface area contributed by atoms with Crippen LogP contribution in [-0.2, 0) is 0 Å². The van der Waals surface area contributed by atoms with Gasteiger partial charge in [0.15, 0.2) is 5.82 Å². The van der Waals surface area contributed by atoms with Crippen molar-refractivity contribution in [1.82, 2.24) is 25.1 Å². The molecule has 0 aromatic carbocycles. The van der Waals surface area contributed by atoms with Crippen LogP contribution in [0, 0.1) is 20.8 Å². The normalized spacial score (nSPS) is 15.8. The third-order valence-corrected chi connectivity index (χ3v) is 3.21. The first-order chi connectivity index (χ1) is 8.63. The summed E-state index contributed by atoms with van der Waals surface area (Å²) in [4.78, 5) is 15.5. The second-order valence-electron chi connectivity index (χ2n) is 4.80. The average molecular weight is 244 g/mol. The minimum absolute atomic E-state index is 0.400. The molecule has 0 aliphatic carbocycles. The molecule has 18 heavy (non-hydrogen) atoms. The van der Waals surface area contributed by atoms with Crippen LogP contribution in [0.25, 0.3) is 0 Å². The Balaban J connectivity index is 1.73. The maximum atomic E-state index is 4.54. The van der Waals surface area contributed by atoms with Crippen molar-refractivity contribution in [1.29, 1.82) is 0 Å². The van der Waals surface area contributed by atoms with Gasteiger partial charge >= 0.3 is 0 Å². The molecule has 1 aliphatic rings. The molecule has 3 rings (SSSR count). The van der Waals surface area contributed by atoms with E-state index in [-0.39, 0.29) is 0 Å². The van der Waals surface area contributed by atoms with Crippen LogP contribution in [0.3, 0.4) is 0 Å². The highest BCUT2D eigenvalue weighted by Crippen LogP contribution is 2.29. The van der Waals surface area contributed by atoms with Crippen LogP contribution in [0.4, 0.5) is 5.82 Å². The molecule has 1 aliphatic heterocycles. The summed E-state index contributed by atoms with van der Waals surface area (Å²) < 4.78 is 0. The molecule has 0 radical (unpaired) electrons. The molecule has 2 aromatic rings.